The molecule has 2 atom stereocenters. The molecule has 0 radical (unpaired) electrons. The van der Waals surface area contributed by atoms with Crippen LogP contribution in [0.15, 0.2) is 142 Å². The predicted molar refractivity (Wildman–Crippen MR) is 245 cm³/mol. The number of nitrogens with one attached hydrogen (secondary N) is 2. The first-order valence-corrected chi connectivity index (χ1v) is 24.4. The summed E-state index contributed by atoms with van der Waals surface area (Å²) >= 11 is 16.8. The second kappa shape index (κ2) is 25.2. The maximum Gasteiger partial charge on any atom is 1.00 e. The molecule has 0 fully saturated rings. The van der Waals surface area contributed by atoms with E-state index < -0.39 is 16.1 Å². The van der Waals surface area contributed by atoms with Crippen LogP contribution in [0.25, 0.3) is 0 Å². The summed E-state index contributed by atoms with van der Waals surface area (Å²) in [5.41, 5.74) is 0.703. The molecule has 0 saturated heterocycles. The molecule has 2 N–H and O–H groups in total. The van der Waals surface area contributed by atoms with Gasteiger partial charge in [-0.2, -0.15) is 0 Å². The van der Waals surface area contributed by atoms with Crippen LogP contribution >= 0.6 is 85.5 Å². The first-order valence-electron chi connectivity index (χ1n) is 18.0. The van der Waals surface area contributed by atoms with Gasteiger partial charge in [0.25, 0.3) is 11.8 Å². The number of hydrogen-bond donors (Lipinski definition) is 2. The number of imidazole rings is 2. The zero-order valence-electron chi connectivity index (χ0n) is 34.8. The van der Waals surface area contributed by atoms with Gasteiger partial charge in [0.05, 0.1) is 12.4 Å². The summed E-state index contributed by atoms with van der Waals surface area (Å²) in [4.78, 5) is 66.0. The van der Waals surface area contributed by atoms with Gasteiger partial charge in [0.15, 0.2) is 31.2 Å². The largest absolute Gasteiger partial charge is 1.00 e. The number of rotatable bonds is 14. The molecule has 66 heavy (non-hydrogen) atoms. The van der Waals surface area contributed by atoms with Crippen LogP contribution in [-0.2, 0) is 23.2 Å². The Morgan fingerprint density at radius 2 is 0.985 bits per heavy atom. The summed E-state index contributed by atoms with van der Waals surface area (Å²) in [5, 5.41) is 8.06. The van der Waals surface area contributed by atoms with Crippen LogP contribution in [-0.4, -0.2) is 40.9 Å². The number of anilines is 2. The zero-order valence-corrected chi connectivity index (χ0v) is 45.3. The number of halogens is 2. The van der Waals surface area contributed by atoms with E-state index in [1.807, 2.05) is 35.6 Å². The monoisotopic (exact) mass is 1050 g/mol. The molecule has 26 heteroatoms. The quantitative estimate of drug-likeness (QED) is 0.118. The van der Waals surface area contributed by atoms with Crippen LogP contribution in [0.2, 0.25) is 8.67 Å². The molecule has 0 aliphatic heterocycles. The number of carbonyl (C=O) groups excluding carboxylic acids is 2. The number of aryl methyl sites for hydroxylation is 2. The van der Waals surface area contributed by atoms with Gasteiger partial charge in [-0.25, -0.2) is 19.9 Å². The molecule has 0 saturated carbocycles. The second-order valence-corrected chi connectivity index (χ2v) is 20.3. The van der Waals surface area contributed by atoms with Gasteiger partial charge in [0, 0.05) is 59.8 Å². The molecule has 0 spiro atoms. The van der Waals surface area contributed by atoms with Crippen molar-refractivity contribution in [3.8, 4) is 23.0 Å². The number of benzene rings is 4. The van der Waals surface area contributed by atoms with Crippen LogP contribution < -0.4 is 99.6 Å². The standard InChI is InChI=1S/2C20H14ClN4O4PS2.2Na/c2*1-25-7-6-22-20(25)31-16-9-12(18(26)24-19-23-11-17(21)32-19)8-14(10-16)29-13-2-4-15(5-3-13)30(27)28;;/h2*2-11H,1H3,(H,23,24,26);;/q;;2*+1. The Balaban J connectivity index is 0.000000240. The van der Waals surface area contributed by atoms with Gasteiger partial charge in [-0.15, -0.1) is 0 Å². The van der Waals surface area contributed by atoms with Crippen molar-refractivity contribution >= 4 is 118 Å². The minimum Gasteiger partial charge on any atom is -0.591 e. The summed E-state index contributed by atoms with van der Waals surface area (Å²) < 4.78 is 38.6. The molecule has 0 aliphatic rings. The Hall–Kier alpha value is -3.50. The summed E-state index contributed by atoms with van der Waals surface area (Å²) in [6.07, 6.45) is 9.94. The molecule has 8 aromatic rings. The Morgan fingerprint density at radius 3 is 1.29 bits per heavy atom. The van der Waals surface area contributed by atoms with Gasteiger partial charge >= 0.3 is 75.2 Å². The first-order chi connectivity index (χ1) is 30.7. The Bertz CT molecular complexity index is 2800. The third-order valence-electron chi connectivity index (χ3n) is 8.22. The van der Waals surface area contributed by atoms with E-state index in [4.69, 9.17) is 32.7 Å². The summed E-state index contributed by atoms with van der Waals surface area (Å²) in [6, 6.07) is 22.2. The number of thiazole rings is 2. The van der Waals surface area contributed by atoms with E-state index in [1.54, 1.807) is 73.1 Å². The van der Waals surface area contributed by atoms with Crippen molar-refractivity contribution in [2.75, 3.05) is 10.6 Å². The SMILES string of the molecule is Cn1ccnc1Sc1cc(Oc2ccc([P+](=O)[O-])cc2)cc(C(=O)Nc2ncc(Cl)s2)c1.Cn1ccnc1Sc1cc(Oc2ccc([P+](=O)[O-])cc2)cc(C(=O)Nc2ncc(Cl)s2)c1.[Na+].[Na+]. The maximum atomic E-state index is 12.8. The van der Waals surface area contributed by atoms with Crippen molar-refractivity contribution in [2.45, 2.75) is 20.1 Å². The van der Waals surface area contributed by atoms with Gasteiger partial charge in [0.2, 0.25) is 0 Å². The van der Waals surface area contributed by atoms with E-state index in [9.17, 15) is 28.5 Å². The Kier molecular flexibility index (Phi) is 20.4. The summed E-state index contributed by atoms with van der Waals surface area (Å²) in [7, 11) is -1.60. The van der Waals surface area contributed by atoms with Crippen molar-refractivity contribution in [1.29, 1.82) is 0 Å². The van der Waals surface area contributed by atoms with Gasteiger partial charge in [-0.05, 0) is 84.9 Å². The molecule has 0 bridgehead atoms. The normalized spacial score (nSPS) is 10.9. The van der Waals surface area contributed by atoms with Gasteiger partial charge in [-0.3, -0.25) is 20.2 Å². The van der Waals surface area contributed by atoms with E-state index in [0.717, 1.165) is 42.8 Å². The average Bonchev–Trinajstić information content (AvgIpc) is 4.08. The Labute approximate surface area is 449 Å². The van der Waals surface area contributed by atoms with E-state index in [2.05, 4.69) is 30.6 Å². The molecule has 16 nitrogen and oxygen atoms in total. The third kappa shape index (κ3) is 15.3. The average molecular weight is 1060 g/mol. The number of nitrogens with zero attached hydrogens (tertiary/aromatic N) is 6. The van der Waals surface area contributed by atoms with Crippen molar-refractivity contribution in [2.24, 2.45) is 14.1 Å². The van der Waals surface area contributed by atoms with Crippen molar-refractivity contribution < 1.29 is 97.1 Å². The molecular formula is C40H28Cl2N8Na2O8P2S4+2. The Morgan fingerprint density at radius 1 is 0.606 bits per heavy atom. The molecule has 8 rings (SSSR count). The molecule has 324 valence electrons. The van der Waals surface area contributed by atoms with Crippen LogP contribution in [0.4, 0.5) is 10.3 Å². The molecule has 0 aliphatic carbocycles. The van der Waals surface area contributed by atoms with E-state index in [0.29, 0.717) is 53.1 Å². The summed E-state index contributed by atoms with van der Waals surface area (Å²) in [5.74, 6) is 0.936. The van der Waals surface area contributed by atoms with Gasteiger partial charge < -0.3 is 28.4 Å². The topological polar surface area (TPSA) is 218 Å². The number of aromatic nitrogens is 6. The fraction of sp³-hybridized carbons (Fsp3) is 0.0500. The number of amides is 2. The minimum absolute atomic E-state index is 0. The van der Waals surface area contributed by atoms with E-state index >= 15 is 0 Å². The van der Waals surface area contributed by atoms with Crippen molar-refractivity contribution in [1.82, 2.24) is 29.1 Å². The molecule has 2 amide bonds. The number of carbonyl (C=O) groups is 2. The maximum absolute atomic E-state index is 12.8. The molecule has 4 aromatic heterocycles. The van der Waals surface area contributed by atoms with Crippen molar-refractivity contribution in [3.05, 3.63) is 142 Å². The number of hydrogen-bond acceptors (Lipinski definition) is 16. The zero-order chi connectivity index (χ0) is 45.3. The first kappa shape index (κ1) is 53.5. The van der Waals surface area contributed by atoms with Crippen LogP contribution in [0.3, 0.4) is 0 Å². The van der Waals surface area contributed by atoms with Crippen LogP contribution in [0.5, 0.6) is 23.0 Å². The fourth-order valence-electron chi connectivity index (χ4n) is 5.26. The molecular weight excluding hydrogens is 1030 g/mol. The van der Waals surface area contributed by atoms with E-state index in [-0.39, 0.29) is 81.5 Å². The summed E-state index contributed by atoms with van der Waals surface area (Å²) in [6.45, 7) is 0. The molecule has 4 aromatic carbocycles. The third-order valence-corrected chi connectivity index (χ3v) is 13.8. The van der Waals surface area contributed by atoms with Gasteiger partial charge in [-0.1, -0.05) is 78.5 Å². The molecule has 4 heterocycles. The fourth-order valence-corrected chi connectivity index (χ4v) is 9.44. The van der Waals surface area contributed by atoms with Crippen LogP contribution in [0.1, 0.15) is 20.7 Å². The van der Waals surface area contributed by atoms with Crippen molar-refractivity contribution in [3.63, 3.8) is 0 Å². The second-order valence-electron chi connectivity index (χ2n) is 12.8. The van der Waals surface area contributed by atoms with Crippen LogP contribution in [0, 0.1) is 0 Å². The number of ether oxygens (including phenoxy) is 2. The molecule has 2 unspecified atom stereocenters. The van der Waals surface area contributed by atoms with Gasteiger partial charge in [0.1, 0.15) is 31.7 Å². The predicted octanol–water partition coefficient (Wildman–Crippen LogP) is 2.92. The van der Waals surface area contributed by atoms with E-state index in [1.165, 1.54) is 60.2 Å². The smallest absolute Gasteiger partial charge is 0.591 e. The minimum atomic E-state index is -2.67.